The van der Waals surface area contributed by atoms with Crippen molar-refractivity contribution in [1.29, 1.82) is 0 Å². The van der Waals surface area contributed by atoms with Gasteiger partial charge in [-0.1, -0.05) is 0 Å². The molecule has 1 rings (SSSR count). The third-order valence-corrected chi connectivity index (χ3v) is 3.76. The quantitative estimate of drug-likeness (QED) is 0.889. The van der Waals surface area contributed by atoms with E-state index >= 15 is 0 Å². The van der Waals surface area contributed by atoms with Gasteiger partial charge in [-0.15, -0.1) is 11.3 Å². The maximum absolute atomic E-state index is 12.3. The number of aliphatic carboxylic acids is 1. The first kappa shape index (κ1) is 14.6. The molecular weight excluding hydrogens is 252 g/mol. The fraction of sp³-hybridized carbons (Fsp3) is 0.583. The lowest BCUT2D eigenvalue weighted by atomic mass is 10.2. The Labute approximate surface area is 110 Å². The Balaban J connectivity index is 2.92. The van der Waals surface area contributed by atoms with Crippen molar-refractivity contribution >= 4 is 23.2 Å². The van der Waals surface area contributed by atoms with Crippen molar-refractivity contribution in [2.45, 2.75) is 40.2 Å². The number of nitrogens with zero attached hydrogens (tertiary/aromatic N) is 2. The van der Waals surface area contributed by atoms with Crippen LogP contribution in [0.3, 0.4) is 0 Å². The predicted octanol–water partition coefficient (Wildman–Crippen LogP) is 2.09. The van der Waals surface area contributed by atoms with Crippen molar-refractivity contribution in [3.05, 3.63) is 15.6 Å². The van der Waals surface area contributed by atoms with Gasteiger partial charge in [-0.3, -0.25) is 9.59 Å². The molecule has 18 heavy (non-hydrogen) atoms. The molecule has 0 fully saturated rings. The van der Waals surface area contributed by atoms with Crippen LogP contribution >= 0.6 is 11.3 Å². The highest BCUT2D eigenvalue weighted by molar-refractivity contribution is 7.13. The third-order valence-electron chi connectivity index (χ3n) is 2.70. The SMILES string of the molecule is CCN(C(=O)c1sc(C)nc1C)C(C)CC(=O)O. The summed E-state index contributed by atoms with van der Waals surface area (Å²) in [5.41, 5.74) is 0.712. The summed E-state index contributed by atoms with van der Waals surface area (Å²) in [6.07, 6.45) is -0.0452. The van der Waals surface area contributed by atoms with Gasteiger partial charge in [-0.25, -0.2) is 4.98 Å². The standard InChI is InChI=1S/C12H18N2O3S/c1-5-14(7(2)6-10(15)16)12(17)11-8(3)13-9(4)18-11/h7H,5-6H2,1-4H3,(H,15,16). The van der Waals surface area contributed by atoms with E-state index in [1.807, 2.05) is 13.8 Å². The average Bonchev–Trinajstić information content (AvgIpc) is 2.57. The maximum atomic E-state index is 12.3. The number of carboxylic acids is 1. The fourth-order valence-corrected chi connectivity index (χ4v) is 2.75. The molecule has 100 valence electrons. The molecule has 1 N–H and O–H groups in total. The highest BCUT2D eigenvalue weighted by Crippen LogP contribution is 2.20. The van der Waals surface area contributed by atoms with E-state index in [1.54, 1.807) is 18.7 Å². The van der Waals surface area contributed by atoms with Gasteiger partial charge >= 0.3 is 5.97 Å². The number of carboxylic acid groups (broad SMARTS) is 1. The van der Waals surface area contributed by atoms with Gasteiger partial charge < -0.3 is 10.0 Å². The molecule has 0 aliphatic heterocycles. The Hall–Kier alpha value is -1.43. The topological polar surface area (TPSA) is 70.5 Å². The summed E-state index contributed by atoms with van der Waals surface area (Å²) in [7, 11) is 0. The van der Waals surface area contributed by atoms with E-state index in [-0.39, 0.29) is 18.4 Å². The zero-order valence-electron chi connectivity index (χ0n) is 11.1. The third kappa shape index (κ3) is 3.29. The van der Waals surface area contributed by atoms with Gasteiger partial charge in [0.15, 0.2) is 0 Å². The molecule has 1 aromatic rings. The van der Waals surface area contributed by atoms with Crippen molar-refractivity contribution < 1.29 is 14.7 Å². The van der Waals surface area contributed by atoms with Crippen LogP contribution < -0.4 is 0 Å². The second-order valence-corrected chi connectivity index (χ2v) is 5.39. The molecule has 5 nitrogen and oxygen atoms in total. The minimum Gasteiger partial charge on any atom is -0.481 e. The molecule has 0 radical (unpaired) electrons. The zero-order chi connectivity index (χ0) is 13.9. The van der Waals surface area contributed by atoms with Crippen LogP contribution in [0.4, 0.5) is 0 Å². The first-order chi connectivity index (χ1) is 8.36. The Morgan fingerprint density at radius 3 is 2.44 bits per heavy atom. The smallest absolute Gasteiger partial charge is 0.305 e. The zero-order valence-corrected chi connectivity index (χ0v) is 11.9. The van der Waals surface area contributed by atoms with E-state index < -0.39 is 5.97 Å². The monoisotopic (exact) mass is 270 g/mol. The number of amides is 1. The van der Waals surface area contributed by atoms with Gasteiger partial charge in [0.05, 0.1) is 17.1 Å². The highest BCUT2D eigenvalue weighted by atomic mass is 32.1. The van der Waals surface area contributed by atoms with Gasteiger partial charge in [0, 0.05) is 12.6 Å². The molecular formula is C12H18N2O3S. The summed E-state index contributed by atoms with van der Waals surface area (Å²) < 4.78 is 0. The molecule has 0 saturated carbocycles. The summed E-state index contributed by atoms with van der Waals surface area (Å²) in [6.45, 7) is 7.74. The Morgan fingerprint density at radius 1 is 1.44 bits per heavy atom. The number of hydrogen-bond donors (Lipinski definition) is 1. The van der Waals surface area contributed by atoms with Gasteiger partial charge in [0.25, 0.3) is 5.91 Å². The molecule has 1 heterocycles. The molecule has 1 amide bonds. The lowest BCUT2D eigenvalue weighted by molar-refractivity contribution is -0.138. The number of carbonyl (C=O) groups is 2. The summed E-state index contributed by atoms with van der Waals surface area (Å²) in [6, 6.07) is -0.318. The van der Waals surface area contributed by atoms with E-state index in [1.165, 1.54) is 11.3 Å². The molecule has 1 aromatic heterocycles. The van der Waals surface area contributed by atoms with Crippen LogP contribution in [0.2, 0.25) is 0 Å². The van der Waals surface area contributed by atoms with Gasteiger partial charge in [0.1, 0.15) is 4.88 Å². The Kier molecular flexibility index (Phi) is 4.84. The summed E-state index contributed by atoms with van der Waals surface area (Å²) >= 11 is 1.35. The van der Waals surface area contributed by atoms with Crippen molar-refractivity contribution in [2.24, 2.45) is 0 Å². The number of carbonyl (C=O) groups excluding carboxylic acids is 1. The summed E-state index contributed by atoms with van der Waals surface area (Å²) in [4.78, 5) is 29.5. The summed E-state index contributed by atoms with van der Waals surface area (Å²) in [5.74, 6) is -1.03. The predicted molar refractivity (Wildman–Crippen MR) is 70.0 cm³/mol. The molecule has 6 heteroatoms. The van der Waals surface area contributed by atoms with Gasteiger partial charge in [-0.05, 0) is 27.7 Å². The second-order valence-electron chi connectivity index (χ2n) is 4.19. The van der Waals surface area contributed by atoms with E-state index in [0.717, 1.165) is 5.01 Å². The minimum atomic E-state index is -0.897. The summed E-state index contributed by atoms with van der Waals surface area (Å²) in [5, 5.41) is 9.64. The highest BCUT2D eigenvalue weighted by Gasteiger charge is 2.24. The van der Waals surface area contributed by atoms with Crippen molar-refractivity contribution in [1.82, 2.24) is 9.88 Å². The molecule has 0 spiro atoms. The number of aryl methyl sites for hydroxylation is 2. The maximum Gasteiger partial charge on any atom is 0.305 e. The first-order valence-electron chi connectivity index (χ1n) is 5.83. The lowest BCUT2D eigenvalue weighted by Gasteiger charge is -2.26. The molecule has 0 aliphatic rings. The average molecular weight is 270 g/mol. The van der Waals surface area contributed by atoms with Crippen LogP contribution in [-0.2, 0) is 4.79 Å². The van der Waals surface area contributed by atoms with Gasteiger partial charge in [0.2, 0.25) is 0 Å². The minimum absolute atomic E-state index is 0.0452. The van der Waals surface area contributed by atoms with Crippen LogP contribution in [0.5, 0.6) is 0 Å². The van der Waals surface area contributed by atoms with E-state index in [0.29, 0.717) is 17.1 Å². The largest absolute Gasteiger partial charge is 0.481 e. The van der Waals surface area contributed by atoms with Crippen molar-refractivity contribution in [3.8, 4) is 0 Å². The second kappa shape index (κ2) is 5.95. The Bertz CT molecular complexity index is 456. The lowest BCUT2D eigenvalue weighted by Crippen LogP contribution is -2.39. The molecule has 0 saturated heterocycles. The fourth-order valence-electron chi connectivity index (χ4n) is 1.88. The molecule has 0 bridgehead atoms. The van der Waals surface area contributed by atoms with Crippen LogP contribution in [0.1, 0.15) is 40.6 Å². The first-order valence-corrected chi connectivity index (χ1v) is 6.65. The number of thiazole rings is 1. The molecule has 1 atom stereocenters. The van der Waals surface area contributed by atoms with Crippen molar-refractivity contribution in [3.63, 3.8) is 0 Å². The molecule has 1 unspecified atom stereocenters. The van der Waals surface area contributed by atoms with E-state index in [2.05, 4.69) is 4.98 Å². The van der Waals surface area contributed by atoms with Crippen LogP contribution in [0.15, 0.2) is 0 Å². The Morgan fingerprint density at radius 2 is 2.06 bits per heavy atom. The van der Waals surface area contributed by atoms with Crippen LogP contribution in [0, 0.1) is 13.8 Å². The van der Waals surface area contributed by atoms with E-state index in [4.69, 9.17) is 5.11 Å². The normalized spacial score (nSPS) is 12.2. The van der Waals surface area contributed by atoms with Crippen molar-refractivity contribution in [2.75, 3.05) is 6.54 Å². The molecule has 0 aromatic carbocycles. The van der Waals surface area contributed by atoms with Crippen LogP contribution in [-0.4, -0.2) is 39.5 Å². The molecule has 0 aliphatic carbocycles. The van der Waals surface area contributed by atoms with Crippen LogP contribution in [0.25, 0.3) is 0 Å². The number of rotatable bonds is 5. The van der Waals surface area contributed by atoms with Gasteiger partial charge in [-0.2, -0.15) is 0 Å². The van der Waals surface area contributed by atoms with E-state index in [9.17, 15) is 9.59 Å². The number of aromatic nitrogens is 1. The number of hydrogen-bond acceptors (Lipinski definition) is 4.